The second-order valence-corrected chi connectivity index (χ2v) is 5.42. The highest BCUT2D eigenvalue weighted by molar-refractivity contribution is 5.74. The van der Waals surface area contributed by atoms with Gasteiger partial charge in [0.15, 0.2) is 0 Å². The number of nitrogens with one attached hydrogen (secondary N) is 1. The molecule has 0 saturated heterocycles. The van der Waals surface area contributed by atoms with Crippen molar-refractivity contribution in [1.82, 2.24) is 5.32 Å². The zero-order chi connectivity index (χ0) is 14.6. The van der Waals surface area contributed by atoms with E-state index in [0.717, 1.165) is 0 Å². The summed E-state index contributed by atoms with van der Waals surface area (Å²) in [6, 6.07) is 6.32. The lowest BCUT2D eigenvalue weighted by Crippen LogP contribution is -2.35. The molecule has 19 heavy (non-hydrogen) atoms. The number of carbonyl (C=O) groups is 1. The third-order valence-electron chi connectivity index (χ3n) is 3.63. The standard InChI is InChI=1S/C16H25NO2/c1-10(2)14(16(18)19-6)15(17-5)13-9-11(3)7-8-12(13)4/h7-10,14-15,17H,1-6H3. The quantitative estimate of drug-likeness (QED) is 0.830. The average molecular weight is 263 g/mol. The Kier molecular flexibility index (Phi) is 5.55. The number of hydrogen-bond donors (Lipinski definition) is 1. The van der Waals surface area contributed by atoms with Crippen LogP contribution in [0.4, 0.5) is 0 Å². The van der Waals surface area contributed by atoms with Gasteiger partial charge in [0.25, 0.3) is 0 Å². The second-order valence-electron chi connectivity index (χ2n) is 5.42. The van der Waals surface area contributed by atoms with Gasteiger partial charge in [-0.2, -0.15) is 0 Å². The molecule has 0 aromatic heterocycles. The maximum atomic E-state index is 12.1. The number of esters is 1. The average Bonchev–Trinajstić information content (AvgIpc) is 2.37. The van der Waals surface area contributed by atoms with Crippen LogP contribution in [0.2, 0.25) is 0 Å². The van der Waals surface area contributed by atoms with E-state index in [0.29, 0.717) is 0 Å². The number of ether oxygens (including phenoxy) is 1. The molecule has 1 aromatic carbocycles. The van der Waals surface area contributed by atoms with Crippen LogP contribution in [-0.2, 0) is 9.53 Å². The van der Waals surface area contributed by atoms with Crippen LogP contribution >= 0.6 is 0 Å². The summed E-state index contributed by atoms with van der Waals surface area (Å²) >= 11 is 0. The lowest BCUT2D eigenvalue weighted by molar-refractivity contribution is -0.148. The van der Waals surface area contributed by atoms with E-state index in [1.165, 1.54) is 23.8 Å². The second kappa shape index (κ2) is 6.71. The van der Waals surface area contributed by atoms with Gasteiger partial charge >= 0.3 is 5.97 Å². The Morgan fingerprint density at radius 1 is 1.26 bits per heavy atom. The van der Waals surface area contributed by atoms with E-state index >= 15 is 0 Å². The Morgan fingerprint density at radius 3 is 2.37 bits per heavy atom. The van der Waals surface area contributed by atoms with Gasteiger partial charge in [-0.25, -0.2) is 0 Å². The minimum Gasteiger partial charge on any atom is -0.469 e. The van der Waals surface area contributed by atoms with Gasteiger partial charge in [0.05, 0.1) is 13.0 Å². The summed E-state index contributed by atoms with van der Waals surface area (Å²) < 4.78 is 4.97. The minimum absolute atomic E-state index is 0.0210. The number of rotatable bonds is 5. The fourth-order valence-electron chi connectivity index (χ4n) is 2.55. The first kappa shape index (κ1) is 15.7. The Hall–Kier alpha value is -1.35. The van der Waals surface area contributed by atoms with Crippen LogP contribution in [0.1, 0.15) is 36.6 Å². The van der Waals surface area contributed by atoms with Crippen molar-refractivity contribution in [2.45, 2.75) is 33.7 Å². The molecule has 1 aromatic rings. The summed E-state index contributed by atoms with van der Waals surface area (Å²) in [4.78, 5) is 12.1. The molecule has 3 nitrogen and oxygen atoms in total. The first-order chi connectivity index (χ1) is 8.92. The Labute approximate surface area is 116 Å². The number of hydrogen-bond acceptors (Lipinski definition) is 3. The summed E-state index contributed by atoms with van der Waals surface area (Å²) in [5.74, 6) is -0.129. The van der Waals surface area contributed by atoms with E-state index in [1.54, 1.807) is 0 Å². The lowest BCUT2D eigenvalue weighted by atomic mass is 9.82. The van der Waals surface area contributed by atoms with E-state index < -0.39 is 0 Å². The molecule has 1 N–H and O–H groups in total. The molecule has 0 fully saturated rings. The molecule has 106 valence electrons. The summed E-state index contributed by atoms with van der Waals surface area (Å²) in [6.07, 6.45) is 0. The monoisotopic (exact) mass is 263 g/mol. The normalized spacial score (nSPS) is 14.3. The van der Waals surface area contributed by atoms with Crippen molar-refractivity contribution in [3.8, 4) is 0 Å². The molecule has 2 atom stereocenters. The smallest absolute Gasteiger partial charge is 0.310 e. The van der Waals surface area contributed by atoms with E-state index in [2.05, 4.69) is 51.2 Å². The SMILES string of the molecule is CNC(c1cc(C)ccc1C)C(C(=O)OC)C(C)C. The van der Waals surface area contributed by atoms with Crippen LogP contribution in [0.3, 0.4) is 0 Å². The number of benzene rings is 1. The Morgan fingerprint density at radius 2 is 1.89 bits per heavy atom. The predicted molar refractivity (Wildman–Crippen MR) is 78.1 cm³/mol. The maximum absolute atomic E-state index is 12.1. The molecule has 0 amide bonds. The zero-order valence-electron chi connectivity index (χ0n) is 12.8. The fraction of sp³-hybridized carbons (Fsp3) is 0.562. The topological polar surface area (TPSA) is 38.3 Å². The molecule has 0 aliphatic rings. The summed E-state index contributed by atoms with van der Waals surface area (Å²) in [5, 5.41) is 3.28. The molecule has 0 saturated carbocycles. The van der Waals surface area contributed by atoms with Crippen molar-refractivity contribution >= 4 is 5.97 Å². The first-order valence-corrected chi connectivity index (χ1v) is 6.74. The van der Waals surface area contributed by atoms with Gasteiger partial charge in [0, 0.05) is 6.04 Å². The maximum Gasteiger partial charge on any atom is 0.310 e. The number of carbonyl (C=O) groups excluding carboxylic acids is 1. The Balaban J connectivity index is 3.23. The lowest BCUT2D eigenvalue weighted by Gasteiger charge is -2.29. The zero-order valence-corrected chi connectivity index (χ0v) is 12.8. The van der Waals surface area contributed by atoms with Crippen molar-refractivity contribution in [3.05, 3.63) is 34.9 Å². The third kappa shape index (κ3) is 3.57. The first-order valence-electron chi connectivity index (χ1n) is 6.74. The van der Waals surface area contributed by atoms with Crippen LogP contribution in [0, 0.1) is 25.7 Å². The van der Waals surface area contributed by atoms with Crippen molar-refractivity contribution in [2.75, 3.05) is 14.2 Å². The van der Waals surface area contributed by atoms with Gasteiger partial charge in [-0.15, -0.1) is 0 Å². The molecular formula is C16H25NO2. The van der Waals surface area contributed by atoms with Crippen LogP contribution in [0.15, 0.2) is 18.2 Å². The van der Waals surface area contributed by atoms with E-state index in [1.807, 2.05) is 7.05 Å². The highest BCUT2D eigenvalue weighted by Crippen LogP contribution is 2.31. The van der Waals surface area contributed by atoms with Gasteiger partial charge < -0.3 is 10.1 Å². The highest BCUT2D eigenvalue weighted by atomic mass is 16.5. The summed E-state index contributed by atoms with van der Waals surface area (Å²) in [6.45, 7) is 8.25. The van der Waals surface area contributed by atoms with Crippen LogP contribution in [0.5, 0.6) is 0 Å². The molecule has 0 radical (unpaired) electrons. The third-order valence-corrected chi connectivity index (χ3v) is 3.63. The van der Waals surface area contributed by atoms with Gasteiger partial charge in [0.1, 0.15) is 0 Å². The molecular weight excluding hydrogens is 238 g/mol. The molecule has 0 aliphatic carbocycles. The predicted octanol–water partition coefficient (Wildman–Crippen LogP) is 3.01. The van der Waals surface area contributed by atoms with Gasteiger partial charge in [-0.05, 0) is 37.9 Å². The van der Waals surface area contributed by atoms with Crippen molar-refractivity contribution < 1.29 is 9.53 Å². The molecule has 3 heteroatoms. The van der Waals surface area contributed by atoms with E-state index in [-0.39, 0.29) is 23.8 Å². The number of aryl methyl sites for hydroxylation is 2. The molecule has 1 rings (SSSR count). The number of methoxy groups -OCH3 is 1. The minimum atomic E-state index is -0.185. The molecule has 0 spiro atoms. The van der Waals surface area contributed by atoms with Gasteiger partial charge in [-0.1, -0.05) is 37.6 Å². The highest BCUT2D eigenvalue weighted by Gasteiger charge is 2.32. The van der Waals surface area contributed by atoms with Gasteiger partial charge in [-0.3, -0.25) is 4.79 Å². The van der Waals surface area contributed by atoms with E-state index in [4.69, 9.17) is 4.74 Å². The van der Waals surface area contributed by atoms with Crippen LogP contribution in [0.25, 0.3) is 0 Å². The van der Waals surface area contributed by atoms with E-state index in [9.17, 15) is 4.79 Å². The van der Waals surface area contributed by atoms with Crippen molar-refractivity contribution in [2.24, 2.45) is 11.8 Å². The Bertz CT molecular complexity index is 440. The summed E-state index contributed by atoms with van der Waals surface area (Å²) in [5.41, 5.74) is 3.57. The molecule has 0 heterocycles. The fourth-order valence-corrected chi connectivity index (χ4v) is 2.55. The molecule has 0 aliphatic heterocycles. The summed E-state index contributed by atoms with van der Waals surface area (Å²) in [7, 11) is 3.35. The van der Waals surface area contributed by atoms with Crippen molar-refractivity contribution in [1.29, 1.82) is 0 Å². The van der Waals surface area contributed by atoms with Gasteiger partial charge in [0.2, 0.25) is 0 Å². The molecule has 2 unspecified atom stereocenters. The van der Waals surface area contributed by atoms with Crippen LogP contribution < -0.4 is 5.32 Å². The van der Waals surface area contributed by atoms with Crippen LogP contribution in [-0.4, -0.2) is 20.1 Å². The largest absolute Gasteiger partial charge is 0.469 e. The van der Waals surface area contributed by atoms with Crippen molar-refractivity contribution in [3.63, 3.8) is 0 Å². The molecule has 0 bridgehead atoms.